The molecule has 0 unspecified atom stereocenters. The van der Waals surface area contributed by atoms with E-state index in [9.17, 15) is 4.79 Å². The SMILES string of the molecule is O=c1[nH]cnc2c(-c3cccc(Cl)c3)cnn12. The van der Waals surface area contributed by atoms with Gasteiger partial charge in [-0.15, -0.1) is 0 Å². The molecule has 0 amide bonds. The number of H-pyrrole nitrogens is 1. The van der Waals surface area contributed by atoms with E-state index in [0.717, 1.165) is 11.1 Å². The van der Waals surface area contributed by atoms with Gasteiger partial charge in [-0.2, -0.15) is 9.61 Å². The average Bonchev–Trinajstić information content (AvgIpc) is 2.74. The Kier molecular flexibility index (Phi) is 2.19. The predicted molar refractivity (Wildman–Crippen MR) is 64.1 cm³/mol. The smallest absolute Gasteiger partial charge is 0.296 e. The van der Waals surface area contributed by atoms with Crippen LogP contribution in [0.15, 0.2) is 41.6 Å². The molecule has 2 heterocycles. The van der Waals surface area contributed by atoms with Gasteiger partial charge in [-0.3, -0.25) is 4.98 Å². The van der Waals surface area contributed by atoms with Gasteiger partial charge in [0, 0.05) is 10.6 Å². The van der Waals surface area contributed by atoms with Gasteiger partial charge in [-0.25, -0.2) is 9.78 Å². The lowest BCUT2D eigenvalue weighted by Gasteiger charge is -1.98. The second-order valence-electron chi connectivity index (χ2n) is 3.51. The number of aromatic amines is 1. The first-order valence-electron chi connectivity index (χ1n) is 4.93. The van der Waals surface area contributed by atoms with Crippen LogP contribution in [-0.4, -0.2) is 19.6 Å². The molecule has 1 aromatic carbocycles. The highest BCUT2D eigenvalue weighted by molar-refractivity contribution is 6.30. The van der Waals surface area contributed by atoms with Gasteiger partial charge in [-0.1, -0.05) is 23.7 Å². The monoisotopic (exact) mass is 246 g/mol. The number of hydrogen-bond donors (Lipinski definition) is 1. The highest BCUT2D eigenvalue weighted by atomic mass is 35.5. The third-order valence-corrected chi connectivity index (χ3v) is 2.68. The number of rotatable bonds is 1. The molecule has 0 aliphatic rings. The van der Waals surface area contributed by atoms with Crippen molar-refractivity contribution in [2.45, 2.75) is 0 Å². The number of fused-ring (bicyclic) bond motifs is 1. The van der Waals surface area contributed by atoms with Crippen molar-refractivity contribution in [2.75, 3.05) is 0 Å². The fraction of sp³-hybridized carbons (Fsp3) is 0. The molecular weight excluding hydrogens is 240 g/mol. The Morgan fingerprint density at radius 3 is 3.06 bits per heavy atom. The van der Waals surface area contributed by atoms with Crippen LogP contribution in [0.2, 0.25) is 5.02 Å². The fourth-order valence-electron chi connectivity index (χ4n) is 1.68. The van der Waals surface area contributed by atoms with Crippen molar-refractivity contribution < 1.29 is 0 Å². The van der Waals surface area contributed by atoms with Crippen molar-refractivity contribution in [3.05, 3.63) is 52.3 Å². The third kappa shape index (κ3) is 1.60. The molecule has 0 aliphatic carbocycles. The number of nitrogens with zero attached hydrogens (tertiary/aromatic N) is 3. The van der Waals surface area contributed by atoms with Crippen LogP contribution in [0.5, 0.6) is 0 Å². The van der Waals surface area contributed by atoms with Gasteiger partial charge in [-0.05, 0) is 17.7 Å². The zero-order valence-electron chi connectivity index (χ0n) is 8.59. The minimum absolute atomic E-state index is 0.316. The Bertz CT molecular complexity index is 746. The fourth-order valence-corrected chi connectivity index (χ4v) is 1.87. The Morgan fingerprint density at radius 1 is 1.35 bits per heavy atom. The molecule has 0 bridgehead atoms. The average molecular weight is 247 g/mol. The summed E-state index contributed by atoms with van der Waals surface area (Å²) in [6.45, 7) is 0. The van der Waals surface area contributed by atoms with E-state index >= 15 is 0 Å². The molecule has 0 fully saturated rings. The van der Waals surface area contributed by atoms with E-state index in [0.29, 0.717) is 10.7 Å². The maximum atomic E-state index is 11.5. The lowest BCUT2D eigenvalue weighted by atomic mass is 10.1. The first-order valence-corrected chi connectivity index (χ1v) is 5.31. The lowest BCUT2D eigenvalue weighted by Crippen LogP contribution is -2.17. The number of benzene rings is 1. The molecule has 5 nitrogen and oxygen atoms in total. The van der Waals surface area contributed by atoms with E-state index in [4.69, 9.17) is 11.6 Å². The van der Waals surface area contributed by atoms with E-state index in [2.05, 4.69) is 15.1 Å². The molecule has 3 rings (SSSR count). The first kappa shape index (κ1) is 10.0. The first-order chi connectivity index (χ1) is 8.25. The number of nitrogens with one attached hydrogen (secondary N) is 1. The topological polar surface area (TPSA) is 63.0 Å². The van der Waals surface area contributed by atoms with E-state index < -0.39 is 0 Å². The van der Waals surface area contributed by atoms with Crippen LogP contribution < -0.4 is 5.69 Å². The zero-order chi connectivity index (χ0) is 11.8. The minimum atomic E-state index is -0.316. The van der Waals surface area contributed by atoms with Gasteiger partial charge in [0.1, 0.15) is 0 Å². The Labute approximate surface area is 101 Å². The normalized spacial score (nSPS) is 10.9. The number of hydrogen-bond acceptors (Lipinski definition) is 3. The number of halogens is 1. The molecular formula is C11H7ClN4O. The van der Waals surface area contributed by atoms with Crippen molar-refractivity contribution in [3.8, 4) is 11.1 Å². The van der Waals surface area contributed by atoms with E-state index in [1.165, 1.54) is 10.8 Å². The van der Waals surface area contributed by atoms with Gasteiger partial charge in [0.15, 0.2) is 5.65 Å². The summed E-state index contributed by atoms with van der Waals surface area (Å²) in [6, 6.07) is 7.33. The maximum Gasteiger partial charge on any atom is 0.349 e. The molecule has 0 radical (unpaired) electrons. The largest absolute Gasteiger partial charge is 0.349 e. The predicted octanol–water partition coefficient (Wildman–Crippen LogP) is 1.74. The summed E-state index contributed by atoms with van der Waals surface area (Å²) in [5.41, 5.74) is 1.85. The van der Waals surface area contributed by atoms with Crippen molar-refractivity contribution in [2.24, 2.45) is 0 Å². The van der Waals surface area contributed by atoms with Gasteiger partial charge >= 0.3 is 5.69 Å². The van der Waals surface area contributed by atoms with Crippen molar-refractivity contribution in [1.82, 2.24) is 19.6 Å². The van der Waals surface area contributed by atoms with Crippen LogP contribution in [0.1, 0.15) is 0 Å². The molecule has 0 aliphatic heterocycles. The summed E-state index contributed by atoms with van der Waals surface area (Å²) in [7, 11) is 0. The second-order valence-corrected chi connectivity index (χ2v) is 3.95. The van der Waals surface area contributed by atoms with E-state index in [1.54, 1.807) is 18.3 Å². The molecule has 6 heteroatoms. The van der Waals surface area contributed by atoms with E-state index in [1.807, 2.05) is 12.1 Å². The molecule has 0 atom stereocenters. The van der Waals surface area contributed by atoms with E-state index in [-0.39, 0.29) is 5.69 Å². The highest BCUT2D eigenvalue weighted by Crippen LogP contribution is 2.24. The Balaban J connectivity index is 2.32. The molecule has 0 spiro atoms. The quantitative estimate of drug-likeness (QED) is 0.711. The summed E-state index contributed by atoms with van der Waals surface area (Å²) in [5.74, 6) is 0. The lowest BCUT2D eigenvalue weighted by molar-refractivity contribution is 0.840. The van der Waals surface area contributed by atoms with Gasteiger partial charge in [0.2, 0.25) is 0 Å². The van der Waals surface area contributed by atoms with Crippen molar-refractivity contribution in [1.29, 1.82) is 0 Å². The van der Waals surface area contributed by atoms with Gasteiger partial charge in [0.05, 0.1) is 12.5 Å². The van der Waals surface area contributed by atoms with Crippen molar-refractivity contribution in [3.63, 3.8) is 0 Å². The van der Waals surface area contributed by atoms with Crippen LogP contribution in [0.3, 0.4) is 0 Å². The van der Waals surface area contributed by atoms with Crippen molar-refractivity contribution >= 4 is 17.2 Å². The highest BCUT2D eigenvalue weighted by Gasteiger charge is 2.09. The van der Waals surface area contributed by atoms with Crippen LogP contribution in [0, 0.1) is 0 Å². The molecule has 3 aromatic rings. The molecule has 84 valence electrons. The molecule has 1 N–H and O–H groups in total. The van der Waals surface area contributed by atoms with Crippen LogP contribution in [0.4, 0.5) is 0 Å². The molecule has 17 heavy (non-hydrogen) atoms. The summed E-state index contributed by atoms with van der Waals surface area (Å²) < 4.78 is 1.22. The minimum Gasteiger partial charge on any atom is -0.296 e. The Hall–Kier alpha value is -2.14. The third-order valence-electron chi connectivity index (χ3n) is 2.45. The Morgan fingerprint density at radius 2 is 2.24 bits per heavy atom. The standard InChI is InChI=1S/C11H7ClN4O/c12-8-3-1-2-7(4-8)9-5-15-16-10(9)13-6-14-11(16)17/h1-6H,(H,13,14,17). The summed E-state index contributed by atoms with van der Waals surface area (Å²) in [6.07, 6.45) is 2.95. The molecule has 0 saturated heterocycles. The van der Waals surface area contributed by atoms with Crippen LogP contribution in [-0.2, 0) is 0 Å². The summed E-state index contributed by atoms with van der Waals surface area (Å²) in [4.78, 5) is 18.0. The number of aromatic nitrogens is 4. The van der Waals surface area contributed by atoms with Crippen LogP contribution >= 0.6 is 11.6 Å². The summed E-state index contributed by atoms with van der Waals surface area (Å²) in [5, 5.41) is 4.62. The zero-order valence-corrected chi connectivity index (χ0v) is 9.35. The van der Waals surface area contributed by atoms with Crippen LogP contribution in [0.25, 0.3) is 16.8 Å². The van der Waals surface area contributed by atoms with Gasteiger partial charge in [0.25, 0.3) is 0 Å². The maximum absolute atomic E-state index is 11.5. The summed E-state index contributed by atoms with van der Waals surface area (Å²) >= 11 is 5.93. The molecule has 0 saturated carbocycles. The van der Waals surface area contributed by atoms with Gasteiger partial charge < -0.3 is 0 Å². The molecule has 2 aromatic heterocycles. The second kappa shape index (κ2) is 3.71.